The minimum absolute atomic E-state index is 0.0894. The predicted molar refractivity (Wildman–Crippen MR) is 61.7 cm³/mol. The van der Waals surface area contributed by atoms with Crippen LogP contribution in [-0.2, 0) is 9.53 Å². The molecule has 0 atom stereocenters. The molecule has 1 aliphatic heterocycles. The molecule has 2 N–H and O–H groups in total. The van der Waals surface area contributed by atoms with Crippen molar-refractivity contribution in [3.63, 3.8) is 0 Å². The summed E-state index contributed by atoms with van der Waals surface area (Å²) in [6, 6.07) is 0. The van der Waals surface area contributed by atoms with Crippen LogP contribution in [0.4, 0.5) is 4.79 Å². The molecule has 1 heterocycles. The third kappa shape index (κ3) is 2.85. The Morgan fingerprint density at radius 1 is 1.41 bits per heavy atom. The smallest absolute Gasteiger partial charge is 0.410 e. The Morgan fingerprint density at radius 3 is 2.53 bits per heavy atom. The van der Waals surface area contributed by atoms with E-state index in [9.17, 15) is 9.59 Å². The van der Waals surface area contributed by atoms with Crippen molar-refractivity contribution in [3.05, 3.63) is 25.3 Å². The number of carbonyl (C=O) groups excluding carboxylic acids is 1. The fourth-order valence-electron chi connectivity index (χ4n) is 1.55. The molecule has 1 rings (SSSR count). The van der Waals surface area contributed by atoms with Crippen molar-refractivity contribution in [2.45, 2.75) is 5.54 Å². The van der Waals surface area contributed by atoms with E-state index in [0.29, 0.717) is 6.54 Å². The number of hydrogen-bond donors (Lipinski definition) is 2. The molecule has 0 aliphatic carbocycles. The van der Waals surface area contributed by atoms with E-state index in [2.05, 4.69) is 18.5 Å². The summed E-state index contributed by atoms with van der Waals surface area (Å²) in [7, 11) is 0. The van der Waals surface area contributed by atoms with Crippen molar-refractivity contribution in [1.82, 2.24) is 10.2 Å². The summed E-state index contributed by atoms with van der Waals surface area (Å²) in [6.07, 6.45) is 2.50. The minimum Gasteiger partial charge on any atom is -0.480 e. The van der Waals surface area contributed by atoms with Gasteiger partial charge in [-0.1, -0.05) is 18.7 Å². The fourth-order valence-corrected chi connectivity index (χ4v) is 1.55. The van der Waals surface area contributed by atoms with Crippen LogP contribution in [0.5, 0.6) is 0 Å². The summed E-state index contributed by atoms with van der Waals surface area (Å²) in [5, 5.41) is 11.9. The monoisotopic (exact) mass is 240 g/mol. The van der Waals surface area contributed by atoms with E-state index in [1.54, 1.807) is 6.08 Å². The van der Waals surface area contributed by atoms with Crippen LogP contribution in [0, 0.1) is 0 Å². The van der Waals surface area contributed by atoms with Crippen molar-refractivity contribution in [2.24, 2.45) is 0 Å². The van der Waals surface area contributed by atoms with Crippen LogP contribution in [-0.4, -0.2) is 53.8 Å². The molecular formula is C11H16N2O4. The quantitative estimate of drug-likeness (QED) is 0.649. The van der Waals surface area contributed by atoms with Crippen LogP contribution >= 0.6 is 0 Å². The molecular weight excluding hydrogens is 224 g/mol. The molecule has 0 aromatic carbocycles. The summed E-state index contributed by atoms with van der Waals surface area (Å²) >= 11 is 0. The zero-order valence-corrected chi connectivity index (χ0v) is 9.52. The number of nitrogens with zero attached hydrogens (tertiary/aromatic N) is 1. The fraction of sp³-hybridized carbons (Fsp3) is 0.455. The maximum Gasteiger partial charge on any atom is 0.410 e. The van der Waals surface area contributed by atoms with Gasteiger partial charge in [0.25, 0.3) is 0 Å². The van der Waals surface area contributed by atoms with Gasteiger partial charge in [-0.05, 0) is 0 Å². The zero-order valence-electron chi connectivity index (χ0n) is 9.52. The molecule has 17 heavy (non-hydrogen) atoms. The molecule has 0 saturated carbocycles. The number of carboxylic acid groups (broad SMARTS) is 1. The normalized spacial score (nSPS) is 16.8. The molecule has 0 radical (unpaired) electrons. The number of ether oxygens (including phenoxy) is 1. The zero-order chi connectivity index (χ0) is 12.9. The highest BCUT2D eigenvalue weighted by Crippen LogP contribution is 2.22. The van der Waals surface area contributed by atoms with Crippen LogP contribution in [0.25, 0.3) is 0 Å². The van der Waals surface area contributed by atoms with E-state index in [4.69, 9.17) is 9.84 Å². The van der Waals surface area contributed by atoms with Crippen LogP contribution in [0.2, 0.25) is 0 Å². The van der Waals surface area contributed by atoms with Gasteiger partial charge in [0.2, 0.25) is 0 Å². The molecule has 94 valence electrons. The Hall–Kier alpha value is -1.82. The first-order valence-electron chi connectivity index (χ1n) is 5.17. The lowest BCUT2D eigenvalue weighted by atomic mass is 9.90. The summed E-state index contributed by atoms with van der Waals surface area (Å²) in [5.41, 5.74) is -1.08. The number of carboxylic acids is 1. The molecule has 1 saturated heterocycles. The van der Waals surface area contributed by atoms with Crippen LogP contribution < -0.4 is 5.32 Å². The highest BCUT2D eigenvalue weighted by atomic mass is 16.6. The van der Waals surface area contributed by atoms with Crippen molar-refractivity contribution in [1.29, 1.82) is 0 Å². The minimum atomic E-state index is -1.08. The van der Waals surface area contributed by atoms with Crippen molar-refractivity contribution in [2.75, 3.05) is 26.2 Å². The third-order valence-corrected chi connectivity index (χ3v) is 2.50. The first-order valence-corrected chi connectivity index (χ1v) is 5.17. The number of carbonyl (C=O) groups is 2. The van der Waals surface area contributed by atoms with Gasteiger partial charge in [0.1, 0.15) is 6.61 Å². The molecule has 0 aromatic rings. The number of amides is 1. The Balaban J connectivity index is 2.49. The molecule has 0 bridgehead atoms. The van der Waals surface area contributed by atoms with Gasteiger partial charge in [0.15, 0.2) is 5.54 Å². The van der Waals surface area contributed by atoms with Crippen LogP contribution in [0.3, 0.4) is 0 Å². The van der Waals surface area contributed by atoms with E-state index in [1.165, 1.54) is 11.0 Å². The van der Waals surface area contributed by atoms with Crippen LogP contribution in [0.15, 0.2) is 25.3 Å². The van der Waals surface area contributed by atoms with E-state index in [-0.39, 0.29) is 19.7 Å². The first kappa shape index (κ1) is 13.2. The largest absolute Gasteiger partial charge is 0.480 e. The number of rotatable bonds is 6. The molecule has 0 aromatic heterocycles. The highest BCUT2D eigenvalue weighted by Gasteiger charge is 2.51. The molecule has 0 spiro atoms. The second kappa shape index (κ2) is 5.49. The van der Waals surface area contributed by atoms with Gasteiger partial charge in [-0.25, -0.2) is 4.79 Å². The van der Waals surface area contributed by atoms with E-state index in [1.807, 2.05) is 0 Å². The van der Waals surface area contributed by atoms with Crippen LogP contribution in [0.1, 0.15) is 0 Å². The average Bonchev–Trinajstić information content (AvgIpc) is 2.24. The molecule has 6 nitrogen and oxygen atoms in total. The molecule has 6 heteroatoms. The van der Waals surface area contributed by atoms with Gasteiger partial charge < -0.3 is 14.7 Å². The lowest BCUT2D eigenvalue weighted by Crippen LogP contribution is -2.74. The maximum atomic E-state index is 11.4. The third-order valence-electron chi connectivity index (χ3n) is 2.50. The summed E-state index contributed by atoms with van der Waals surface area (Å²) in [6.45, 7) is 7.60. The number of aliphatic carboxylic acids is 1. The molecule has 1 amide bonds. The lowest BCUT2D eigenvalue weighted by Gasteiger charge is -2.46. The first-order chi connectivity index (χ1) is 8.05. The second-order valence-corrected chi connectivity index (χ2v) is 3.78. The highest BCUT2D eigenvalue weighted by molar-refractivity contribution is 5.84. The van der Waals surface area contributed by atoms with Gasteiger partial charge in [-0.2, -0.15) is 0 Å². The number of hydrogen-bond acceptors (Lipinski definition) is 4. The maximum absolute atomic E-state index is 11.4. The molecule has 1 aliphatic rings. The standard InChI is InChI=1S/C11H16N2O4/c1-3-5-12-11(9(14)15)7-13(8-11)10(16)17-6-4-2/h3-4,12H,1-2,5-8H2,(H,14,15). The van der Waals surface area contributed by atoms with E-state index in [0.717, 1.165) is 0 Å². The summed E-state index contributed by atoms with van der Waals surface area (Å²) in [4.78, 5) is 23.8. The lowest BCUT2D eigenvalue weighted by molar-refractivity contribution is -0.151. The van der Waals surface area contributed by atoms with Crippen molar-refractivity contribution >= 4 is 12.1 Å². The second-order valence-electron chi connectivity index (χ2n) is 3.78. The Bertz CT molecular complexity index is 334. The number of likely N-dealkylation sites (tertiary alicyclic amines) is 1. The predicted octanol–water partition coefficient (Wildman–Crippen LogP) is 0.224. The Morgan fingerprint density at radius 2 is 2.06 bits per heavy atom. The van der Waals surface area contributed by atoms with Gasteiger partial charge in [-0.15, -0.1) is 6.58 Å². The Kier molecular flexibility index (Phi) is 4.28. The van der Waals surface area contributed by atoms with Gasteiger partial charge in [0.05, 0.1) is 13.1 Å². The average molecular weight is 240 g/mol. The van der Waals surface area contributed by atoms with E-state index >= 15 is 0 Å². The topological polar surface area (TPSA) is 78.9 Å². The Labute approximate surface area is 99.5 Å². The number of nitrogens with one attached hydrogen (secondary N) is 1. The summed E-state index contributed by atoms with van der Waals surface area (Å²) < 4.78 is 4.80. The summed E-state index contributed by atoms with van der Waals surface area (Å²) in [5.74, 6) is -0.980. The van der Waals surface area contributed by atoms with Crippen molar-refractivity contribution < 1.29 is 19.4 Å². The molecule has 1 fully saturated rings. The van der Waals surface area contributed by atoms with E-state index < -0.39 is 17.6 Å². The SMILES string of the molecule is C=CCNC1(C(=O)O)CN(C(=O)OCC=C)C1. The van der Waals surface area contributed by atoms with Gasteiger partial charge in [-0.3, -0.25) is 10.1 Å². The van der Waals surface area contributed by atoms with Gasteiger partial charge in [0, 0.05) is 6.54 Å². The van der Waals surface area contributed by atoms with Crippen molar-refractivity contribution in [3.8, 4) is 0 Å². The molecule has 0 unspecified atom stereocenters. The van der Waals surface area contributed by atoms with Gasteiger partial charge >= 0.3 is 12.1 Å².